The van der Waals surface area contributed by atoms with Crippen LogP contribution in [0.3, 0.4) is 0 Å². The van der Waals surface area contributed by atoms with Crippen molar-refractivity contribution in [1.29, 1.82) is 0 Å². The number of hydrogen-bond donors (Lipinski definition) is 0. The Bertz CT molecular complexity index is 3200. The number of fused-ring (bicyclic) bond motifs is 6. The third kappa shape index (κ3) is 4.67. The fourth-order valence-corrected chi connectivity index (χ4v) is 6.48. The molecule has 0 N–H and O–H groups in total. The molecule has 0 aliphatic heterocycles. The Balaban J connectivity index is 1.22. The Morgan fingerprint density at radius 3 is 1.88 bits per heavy atom. The Morgan fingerprint density at radius 1 is 0.400 bits per heavy atom. The Kier molecular flexibility index (Phi) is 5.17. The van der Waals surface area contributed by atoms with Gasteiger partial charge in [-0.05, 0) is 40.9 Å². The maximum Gasteiger partial charge on any atom is 0.164 e. The van der Waals surface area contributed by atoms with Crippen LogP contribution >= 0.6 is 0 Å². The van der Waals surface area contributed by atoms with Crippen LogP contribution in [0.15, 0.2) is 172 Å². The third-order valence-electron chi connectivity index (χ3n) is 8.88. The zero-order valence-electron chi connectivity index (χ0n) is 32.3. The maximum atomic E-state index is 9.52. The summed E-state index contributed by atoms with van der Waals surface area (Å²) in [4.78, 5) is 14.6. The summed E-state index contributed by atoms with van der Waals surface area (Å²) < 4.78 is 67.4. The average molecular weight is 648 g/mol. The lowest BCUT2D eigenvalue weighted by molar-refractivity contribution is 0.669. The normalized spacial score (nSPS) is 13.3. The van der Waals surface area contributed by atoms with Crippen LogP contribution in [0.1, 0.15) is 8.22 Å². The summed E-state index contributed by atoms with van der Waals surface area (Å²) >= 11 is 0. The van der Waals surface area contributed by atoms with Gasteiger partial charge in [-0.1, -0.05) is 139 Å². The van der Waals surface area contributed by atoms with E-state index in [1.54, 1.807) is 0 Å². The van der Waals surface area contributed by atoms with Crippen LogP contribution in [-0.2, 0) is 0 Å². The van der Waals surface area contributed by atoms with Crippen molar-refractivity contribution in [3.05, 3.63) is 164 Å². The standard InChI is InChI=1S/C45H27N3O2/c1-3-11-28(12-4-1)29-21-23-30(24-22-29)33-16-9-17-35-34-26-25-32(27-40(34)50-42(33)35)44-46-43(31-13-5-2-6-14-31)47-45(48-44)37-18-10-20-39-41(37)36-15-7-8-19-38(36)49-39/h1-27H/i9D,16D,17D,25D,26D,27D. The van der Waals surface area contributed by atoms with Crippen molar-refractivity contribution in [3.8, 4) is 56.4 Å². The lowest BCUT2D eigenvalue weighted by Gasteiger charge is -2.09. The predicted molar refractivity (Wildman–Crippen MR) is 202 cm³/mol. The number of hydrogen-bond acceptors (Lipinski definition) is 5. The highest BCUT2D eigenvalue weighted by Gasteiger charge is 2.19. The van der Waals surface area contributed by atoms with Crippen molar-refractivity contribution in [2.75, 3.05) is 0 Å². The number of aromatic nitrogens is 3. The van der Waals surface area contributed by atoms with Gasteiger partial charge < -0.3 is 8.83 Å². The molecule has 0 aliphatic rings. The molecule has 10 rings (SSSR count). The topological polar surface area (TPSA) is 65.0 Å². The van der Waals surface area contributed by atoms with Gasteiger partial charge in [-0.2, -0.15) is 0 Å². The second kappa shape index (κ2) is 11.4. The summed E-state index contributed by atoms with van der Waals surface area (Å²) in [5.41, 5.74) is 5.48. The van der Waals surface area contributed by atoms with Gasteiger partial charge in [-0.3, -0.25) is 0 Å². The van der Waals surface area contributed by atoms with E-state index in [1.165, 1.54) is 0 Å². The van der Waals surface area contributed by atoms with E-state index < -0.39 is 0 Å². The molecule has 3 aromatic heterocycles. The molecule has 5 nitrogen and oxygen atoms in total. The molecule has 0 spiro atoms. The molecule has 0 atom stereocenters. The second-order valence-electron chi connectivity index (χ2n) is 11.9. The van der Waals surface area contributed by atoms with Gasteiger partial charge in [0.15, 0.2) is 17.5 Å². The third-order valence-corrected chi connectivity index (χ3v) is 8.88. The van der Waals surface area contributed by atoms with Gasteiger partial charge in [-0.25, -0.2) is 15.0 Å². The van der Waals surface area contributed by atoms with Crippen molar-refractivity contribution in [3.63, 3.8) is 0 Å². The molecule has 0 aliphatic carbocycles. The van der Waals surface area contributed by atoms with Gasteiger partial charge in [0.2, 0.25) is 0 Å². The number of para-hydroxylation sites is 2. The van der Waals surface area contributed by atoms with E-state index in [2.05, 4.69) is 0 Å². The van der Waals surface area contributed by atoms with E-state index in [1.807, 2.05) is 127 Å². The Morgan fingerprint density at radius 2 is 1.06 bits per heavy atom. The SMILES string of the molecule is [2H]c1c([2H])c([2H])c2c(oc3c([2H])c(-c4nc(-c5ccccc5)nc(-c5cccc6oc7ccccc7c56)n4)c([2H])c([2H])c32)c1-c1ccc(-c2ccccc2)cc1. The zero-order chi connectivity index (χ0) is 38.2. The largest absolute Gasteiger partial charge is 0.456 e. The molecule has 0 bridgehead atoms. The van der Waals surface area contributed by atoms with Crippen LogP contribution in [0.2, 0.25) is 0 Å². The molecule has 3 heterocycles. The van der Waals surface area contributed by atoms with Crippen LogP contribution in [-0.4, -0.2) is 15.0 Å². The highest BCUT2D eigenvalue weighted by molar-refractivity contribution is 6.12. The number of nitrogens with zero attached hydrogens (tertiary/aromatic N) is 3. The van der Waals surface area contributed by atoms with E-state index in [4.69, 9.17) is 27.9 Å². The highest BCUT2D eigenvalue weighted by Crippen LogP contribution is 2.39. The molecular weight excluding hydrogens is 615 g/mol. The van der Waals surface area contributed by atoms with Crippen LogP contribution in [0.5, 0.6) is 0 Å². The summed E-state index contributed by atoms with van der Waals surface area (Å²) in [6, 6.07) is 38.2. The van der Waals surface area contributed by atoms with Gasteiger partial charge >= 0.3 is 0 Å². The predicted octanol–water partition coefficient (Wildman–Crippen LogP) is 12.0. The molecule has 0 saturated carbocycles. The number of benzene rings is 7. The quantitative estimate of drug-likeness (QED) is 0.186. The molecule has 234 valence electrons. The zero-order valence-corrected chi connectivity index (χ0v) is 26.3. The Hall–Kier alpha value is -6.85. The molecule has 10 aromatic rings. The summed E-state index contributed by atoms with van der Waals surface area (Å²) in [6.07, 6.45) is 0. The van der Waals surface area contributed by atoms with Crippen LogP contribution < -0.4 is 0 Å². The van der Waals surface area contributed by atoms with E-state index >= 15 is 0 Å². The highest BCUT2D eigenvalue weighted by atomic mass is 16.3. The van der Waals surface area contributed by atoms with Gasteiger partial charge in [0.25, 0.3) is 0 Å². The first kappa shape index (κ1) is 22.7. The first-order chi connectivity index (χ1) is 27.3. The molecule has 0 amide bonds. The average Bonchev–Trinajstić information content (AvgIpc) is 3.83. The van der Waals surface area contributed by atoms with E-state index in [0.29, 0.717) is 33.7 Å². The van der Waals surface area contributed by atoms with Crippen LogP contribution in [0, 0.1) is 0 Å². The maximum absolute atomic E-state index is 9.52. The first-order valence-corrected chi connectivity index (χ1v) is 16.1. The minimum atomic E-state index is -0.348. The van der Waals surface area contributed by atoms with Gasteiger partial charge in [0.05, 0.1) is 8.22 Å². The van der Waals surface area contributed by atoms with Gasteiger partial charge in [0, 0.05) is 43.8 Å². The van der Waals surface area contributed by atoms with Crippen molar-refractivity contribution in [2.45, 2.75) is 0 Å². The van der Waals surface area contributed by atoms with Crippen molar-refractivity contribution in [1.82, 2.24) is 15.0 Å². The second-order valence-corrected chi connectivity index (χ2v) is 11.9. The Labute approximate surface area is 295 Å². The molecule has 7 aromatic carbocycles. The molecule has 50 heavy (non-hydrogen) atoms. The minimum absolute atomic E-state index is 0.00491. The molecular formula is C45H27N3O2. The van der Waals surface area contributed by atoms with E-state index in [9.17, 15) is 4.11 Å². The summed E-state index contributed by atoms with van der Waals surface area (Å²) in [7, 11) is 0. The molecule has 0 saturated heterocycles. The molecule has 0 radical (unpaired) electrons. The van der Waals surface area contributed by atoms with Crippen LogP contribution in [0.25, 0.3) is 100 Å². The molecule has 5 heteroatoms. The summed E-state index contributed by atoms with van der Waals surface area (Å²) in [5, 5.41) is 1.82. The minimum Gasteiger partial charge on any atom is -0.456 e. The number of rotatable bonds is 5. The van der Waals surface area contributed by atoms with Gasteiger partial charge in [-0.15, -0.1) is 0 Å². The smallest absolute Gasteiger partial charge is 0.164 e. The van der Waals surface area contributed by atoms with Crippen LogP contribution in [0.4, 0.5) is 0 Å². The van der Waals surface area contributed by atoms with Crippen molar-refractivity contribution >= 4 is 43.9 Å². The summed E-state index contributed by atoms with van der Waals surface area (Å²) in [6.45, 7) is 0. The monoisotopic (exact) mass is 647 g/mol. The lowest BCUT2D eigenvalue weighted by Crippen LogP contribution is -2.00. The number of furan rings is 2. The summed E-state index contributed by atoms with van der Waals surface area (Å²) in [5.74, 6) is 0.584. The lowest BCUT2D eigenvalue weighted by atomic mass is 9.99. The van der Waals surface area contributed by atoms with Crippen molar-refractivity contribution < 1.29 is 17.1 Å². The van der Waals surface area contributed by atoms with E-state index in [0.717, 1.165) is 21.9 Å². The first-order valence-electron chi connectivity index (χ1n) is 19.1. The molecule has 0 unspecified atom stereocenters. The van der Waals surface area contributed by atoms with Crippen molar-refractivity contribution in [2.24, 2.45) is 0 Å². The fourth-order valence-electron chi connectivity index (χ4n) is 6.48. The van der Waals surface area contributed by atoms with E-state index in [-0.39, 0.29) is 81.0 Å². The van der Waals surface area contributed by atoms with Gasteiger partial charge in [0.1, 0.15) is 22.3 Å². The fraction of sp³-hybridized carbons (Fsp3) is 0. The molecule has 0 fully saturated rings.